The average Bonchev–Trinajstić information content (AvgIpc) is 3.09. The third-order valence-electron chi connectivity index (χ3n) is 7.64. The summed E-state index contributed by atoms with van der Waals surface area (Å²) < 4.78 is 34.2. The van der Waals surface area contributed by atoms with Gasteiger partial charge in [-0.3, -0.25) is 9.59 Å². The molecule has 0 bridgehead atoms. The van der Waals surface area contributed by atoms with Gasteiger partial charge in [0.1, 0.15) is 52.2 Å². The first kappa shape index (κ1) is 32.9. The topological polar surface area (TPSA) is 89.5 Å². The Morgan fingerprint density at radius 2 is 1.13 bits per heavy atom. The van der Waals surface area contributed by atoms with Gasteiger partial charge >= 0.3 is 0 Å². The van der Waals surface area contributed by atoms with Crippen LogP contribution in [-0.4, -0.2) is 39.0 Å². The highest BCUT2D eigenvalue weighted by molar-refractivity contribution is 9.10. The maximum Gasteiger partial charge on any atom is 0.170 e. The second-order valence-electron chi connectivity index (χ2n) is 10.7. The molecule has 0 saturated heterocycles. The number of ketones is 2. The van der Waals surface area contributed by atoms with E-state index < -0.39 is 0 Å². The summed E-state index contributed by atoms with van der Waals surface area (Å²) >= 11 is 3.47. The van der Waals surface area contributed by atoms with Crippen LogP contribution < -0.4 is 28.4 Å². The molecule has 8 nitrogen and oxygen atoms in total. The van der Waals surface area contributed by atoms with Crippen LogP contribution in [0.3, 0.4) is 0 Å². The predicted molar refractivity (Wildman–Crippen MR) is 178 cm³/mol. The lowest BCUT2D eigenvalue weighted by Crippen LogP contribution is -2.17. The third kappa shape index (κ3) is 7.83. The summed E-state index contributed by atoms with van der Waals surface area (Å²) in [5.41, 5.74) is 4.38. The van der Waals surface area contributed by atoms with Crippen molar-refractivity contribution in [3.05, 3.63) is 105 Å². The Bertz CT molecular complexity index is 1660. The lowest BCUT2D eigenvalue weighted by atomic mass is 9.98. The highest BCUT2D eigenvalue weighted by Crippen LogP contribution is 2.40. The van der Waals surface area contributed by atoms with Crippen molar-refractivity contribution in [2.75, 3.05) is 27.4 Å². The molecule has 0 spiro atoms. The van der Waals surface area contributed by atoms with Crippen LogP contribution in [0.15, 0.2) is 77.3 Å². The Balaban J connectivity index is 0.000000182. The molecule has 9 heteroatoms. The molecule has 4 aromatic rings. The van der Waals surface area contributed by atoms with Crippen LogP contribution in [0.2, 0.25) is 0 Å². The van der Waals surface area contributed by atoms with Crippen LogP contribution in [0.4, 0.5) is 0 Å². The van der Waals surface area contributed by atoms with E-state index in [2.05, 4.69) is 22.9 Å². The second kappa shape index (κ2) is 15.7. The third-order valence-corrected chi connectivity index (χ3v) is 8.39. The number of benzene rings is 4. The van der Waals surface area contributed by atoms with E-state index in [0.717, 1.165) is 46.8 Å². The standard InChI is InChI=1S/C20H22O4.C17H15BrO4/c1-3-4-17-19(10-9-16-18(21)11-12-23-20(16)17)24-13-14-5-7-15(22-2)8-6-14;1-20-12-4-2-11(3-5-12)10-22-15-7-6-13-14(19)8-9-21-17(13)16(15)18/h5-10H,3-4,11-13H2,1-2H3;2-7H,8-10H2,1H3. The van der Waals surface area contributed by atoms with Crippen molar-refractivity contribution in [2.45, 2.75) is 45.8 Å². The van der Waals surface area contributed by atoms with E-state index >= 15 is 0 Å². The minimum Gasteiger partial charge on any atom is -0.497 e. The number of fused-ring (bicyclic) bond motifs is 2. The fraction of sp³-hybridized carbons (Fsp3) is 0.297. The van der Waals surface area contributed by atoms with E-state index in [1.165, 1.54) is 0 Å². The van der Waals surface area contributed by atoms with Crippen LogP contribution in [0.25, 0.3) is 0 Å². The largest absolute Gasteiger partial charge is 0.497 e. The van der Waals surface area contributed by atoms with E-state index in [-0.39, 0.29) is 11.6 Å². The van der Waals surface area contributed by atoms with Crippen molar-refractivity contribution in [3.63, 3.8) is 0 Å². The molecule has 0 aliphatic carbocycles. The highest BCUT2D eigenvalue weighted by atomic mass is 79.9. The minimum atomic E-state index is 0.101. The minimum absolute atomic E-state index is 0.101. The number of ether oxygens (including phenoxy) is 6. The molecule has 0 amide bonds. The van der Waals surface area contributed by atoms with Crippen molar-refractivity contribution in [1.29, 1.82) is 0 Å². The summed E-state index contributed by atoms with van der Waals surface area (Å²) in [6.07, 6.45) is 2.66. The normalized spacial score (nSPS) is 13.2. The summed E-state index contributed by atoms with van der Waals surface area (Å²) in [7, 11) is 3.29. The quantitative estimate of drug-likeness (QED) is 0.165. The van der Waals surface area contributed by atoms with E-state index in [1.807, 2.05) is 60.7 Å². The van der Waals surface area contributed by atoms with E-state index in [0.29, 0.717) is 72.1 Å². The van der Waals surface area contributed by atoms with Crippen LogP contribution in [0.5, 0.6) is 34.5 Å². The summed E-state index contributed by atoms with van der Waals surface area (Å²) in [5.74, 6) is 4.62. The maximum atomic E-state index is 12.1. The monoisotopic (exact) mass is 688 g/mol. The number of hydrogen-bond donors (Lipinski definition) is 0. The van der Waals surface area contributed by atoms with Gasteiger partial charge in [-0.15, -0.1) is 0 Å². The Morgan fingerprint density at radius 1 is 0.652 bits per heavy atom. The van der Waals surface area contributed by atoms with Gasteiger partial charge in [-0.25, -0.2) is 0 Å². The van der Waals surface area contributed by atoms with Gasteiger partial charge in [-0.1, -0.05) is 37.6 Å². The number of carbonyl (C=O) groups is 2. The van der Waals surface area contributed by atoms with E-state index in [9.17, 15) is 9.59 Å². The maximum absolute atomic E-state index is 12.1. The number of rotatable bonds is 10. The Labute approximate surface area is 277 Å². The molecule has 2 aliphatic rings. The van der Waals surface area contributed by atoms with Crippen LogP contribution in [-0.2, 0) is 19.6 Å². The number of methoxy groups -OCH3 is 2. The zero-order valence-electron chi connectivity index (χ0n) is 26.2. The molecule has 0 aromatic heterocycles. The van der Waals surface area contributed by atoms with Crippen LogP contribution >= 0.6 is 15.9 Å². The molecule has 0 atom stereocenters. The number of carbonyl (C=O) groups excluding carboxylic acids is 2. The zero-order valence-corrected chi connectivity index (χ0v) is 27.8. The van der Waals surface area contributed by atoms with Crippen molar-refractivity contribution in [2.24, 2.45) is 0 Å². The molecule has 6 rings (SSSR count). The fourth-order valence-corrected chi connectivity index (χ4v) is 5.73. The second-order valence-corrected chi connectivity index (χ2v) is 11.5. The Kier molecular flexibility index (Phi) is 11.2. The van der Waals surface area contributed by atoms with Crippen molar-refractivity contribution in [3.8, 4) is 34.5 Å². The Hall–Kier alpha value is -4.50. The molecule has 0 unspecified atom stereocenters. The predicted octanol–water partition coefficient (Wildman–Crippen LogP) is 8.19. The van der Waals surface area contributed by atoms with Gasteiger partial charge in [0.15, 0.2) is 11.6 Å². The van der Waals surface area contributed by atoms with Crippen LogP contribution in [0, 0.1) is 0 Å². The lowest BCUT2D eigenvalue weighted by Gasteiger charge is -2.22. The summed E-state index contributed by atoms with van der Waals surface area (Å²) in [6, 6.07) is 22.7. The SMILES string of the molecule is CCCc1c(OCc2ccc(OC)cc2)ccc2c1OCCC2=O.COc1ccc(COc2ccc3c(c2Br)OCCC3=O)cc1. The molecule has 0 N–H and O–H groups in total. The first-order chi connectivity index (χ1) is 22.4. The Morgan fingerprint density at radius 3 is 1.65 bits per heavy atom. The highest BCUT2D eigenvalue weighted by Gasteiger charge is 2.24. The molecular weight excluding hydrogens is 652 g/mol. The van der Waals surface area contributed by atoms with Gasteiger partial charge in [0.05, 0.1) is 38.6 Å². The van der Waals surface area contributed by atoms with Gasteiger partial charge in [0.25, 0.3) is 0 Å². The van der Waals surface area contributed by atoms with Gasteiger partial charge in [-0.2, -0.15) is 0 Å². The van der Waals surface area contributed by atoms with E-state index in [1.54, 1.807) is 26.4 Å². The fourth-order valence-electron chi connectivity index (χ4n) is 5.15. The summed E-state index contributed by atoms with van der Waals surface area (Å²) in [5, 5.41) is 0. The zero-order chi connectivity index (χ0) is 32.5. The first-order valence-electron chi connectivity index (χ1n) is 15.2. The molecule has 0 saturated carbocycles. The van der Waals surface area contributed by atoms with Crippen molar-refractivity contribution < 1.29 is 38.0 Å². The van der Waals surface area contributed by atoms with E-state index in [4.69, 9.17) is 28.4 Å². The van der Waals surface area contributed by atoms with Crippen molar-refractivity contribution in [1.82, 2.24) is 0 Å². The molecule has 2 heterocycles. The summed E-state index contributed by atoms with van der Waals surface area (Å²) in [6.45, 7) is 3.86. The van der Waals surface area contributed by atoms with Crippen molar-refractivity contribution >= 4 is 27.5 Å². The number of halogens is 1. The molecular formula is C37H37BrO8. The lowest BCUT2D eigenvalue weighted by molar-refractivity contribution is 0.0923. The molecule has 46 heavy (non-hydrogen) atoms. The molecule has 0 radical (unpaired) electrons. The molecule has 240 valence electrons. The number of Topliss-reactive ketones (excluding diaryl/α,β-unsaturated/α-hetero) is 2. The summed E-state index contributed by atoms with van der Waals surface area (Å²) in [4.78, 5) is 23.9. The van der Waals surface area contributed by atoms with Gasteiger partial charge in [0.2, 0.25) is 0 Å². The molecule has 2 aliphatic heterocycles. The number of hydrogen-bond acceptors (Lipinski definition) is 8. The van der Waals surface area contributed by atoms with Gasteiger partial charge in [0, 0.05) is 18.4 Å². The van der Waals surface area contributed by atoms with Gasteiger partial charge in [-0.05, 0) is 82.0 Å². The average molecular weight is 690 g/mol. The first-order valence-corrected chi connectivity index (χ1v) is 16.0. The molecule has 4 aromatic carbocycles. The molecule has 0 fully saturated rings. The van der Waals surface area contributed by atoms with Crippen LogP contribution in [0.1, 0.15) is 63.6 Å². The smallest absolute Gasteiger partial charge is 0.170 e. The van der Waals surface area contributed by atoms with Gasteiger partial charge < -0.3 is 28.4 Å².